The highest BCUT2D eigenvalue weighted by Gasteiger charge is 2.31. The van der Waals surface area contributed by atoms with E-state index < -0.39 is 11.7 Å². The predicted octanol–water partition coefficient (Wildman–Crippen LogP) is 6.11. The van der Waals surface area contributed by atoms with Crippen molar-refractivity contribution in [1.82, 2.24) is 24.6 Å². The molecule has 0 saturated carbocycles. The number of hydrogen-bond acceptors (Lipinski definition) is 5. The average molecular weight is 518 g/mol. The molecule has 7 nitrogen and oxygen atoms in total. The van der Waals surface area contributed by atoms with Gasteiger partial charge in [0.1, 0.15) is 5.52 Å². The van der Waals surface area contributed by atoms with E-state index in [2.05, 4.69) is 15.1 Å². The number of amides is 1. The van der Waals surface area contributed by atoms with Crippen LogP contribution in [0.15, 0.2) is 83.5 Å². The van der Waals surface area contributed by atoms with E-state index in [-0.39, 0.29) is 17.5 Å². The molecule has 1 amide bonds. The number of alkyl halides is 3. The van der Waals surface area contributed by atoms with Crippen molar-refractivity contribution in [3.63, 3.8) is 0 Å². The number of carbonyl (C=O) groups is 1. The first-order valence-corrected chi connectivity index (χ1v) is 12.2. The van der Waals surface area contributed by atoms with Crippen molar-refractivity contribution in [3.05, 3.63) is 96.3 Å². The van der Waals surface area contributed by atoms with Crippen molar-refractivity contribution in [2.75, 3.05) is 13.1 Å². The number of nitrogens with zero attached hydrogens (tertiary/aromatic N) is 5. The number of aromatic nitrogens is 4. The zero-order valence-corrected chi connectivity index (χ0v) is 20.1. The molecule has 0 N–H and O–H groups in total. The van der Waals surface area contributed by atoms with Crippen molar-refractivity contribution in [1.29, 1.82) is 0 Å². The Morgan fingerprint density at radius 1 is 0.947 bits per heavy atom. The Morgan fingerprint density at radius 2 is 1.66 bits per heavy atom. The molecular formula is C28H22F3N5O2. The van der Waals surface area contributed by atoms with E-state index in [0.717, 1.165) is 28.8 Å². The van der Waals surface area contributed by atoms with Crippen molar-refractivity contribution >= 4 is 17.0 Å². The second kappa shape index (κ2) is 9.44. The van der Waals surface area contributed by atoms with E-state index in [9.17, 15) is 18.0 Å². The minimum absolute atomic E-state index is 0.114. The summed E-state index contributed by atoms with van der Waals surface area (Å²) in [6.07, 6.45) is 0.183. The predicted molar refractivity (Wildman–Crippen MR) is 134 cm³/mol. The van der Waals surface area contributed by atoms with Gasteiger partial charge in [-0.05, 0) is 67.4 Å². The Morgan fingerprint density at radius 3 is 2.34 bits per heavy atom. The van der Waals surface area contributed by atoms with Gasteiger partial charge >= 0.3 is 6.18 Å². The van der Waals surface area contributed by atoms with Crippen molar-refractivity contribution < 1.29 is 22.4 Å². The van der Waals surface area contributed by atoms with Gasteiger partial charge in [0.2, 0.25) is 0 Å². The molecule has 0 bridgehead atoms. The minimum atomic E-state index is -4.44. The fraction of sp³-hybridized carbons (Fsp3) is 0.214. The van der Waals surface area contributed by atoms with Crippen LogP contribution < -0.4 is 0 Å². The van der Waals surface area contributed by atoms with Crippen LogP contribution >= 0.6 is 0 Å². The molecule has 3 aromatic heterocycles. The van der Waals surface area contributed by atoms with Crippen LogP contribution in [0.25, 0.3) is 28.0 Å². The average Bonchev–Trinajstić information content (AvgIpc) is 3.58. The fourth-order valence-corrected chi connectivity index (χ4v) is 4.76. The van der Waals surface area contributed by atoms with E-state index in [1.807, 2.05) is 24.3 Å². The minimum Gasteiger partial charge on any atom is -0.440 e. The van der Waals surface area contributed by atoms with Gasteiger partial charge in [-0.2, -0.15) is 18.3 Å². The van der Waals surface area contributed by atoms with Crippen LogP contribution in [0.5, 0.6) is 0 Å². The first kappa shape index (κ1) is 23.9. The van der Waals surface area contributed by atoms with E-state index in [4.69, 9.17) is 4.42 Å². The van der Waals surface area contributed by atoms with Gasteiger partial charge in [0.15, 0.2) is 17.2 Å². The molecule has 1 aliphatic heterocycles. The summed E-state index contributed by atoms with van der Waals surface area (Å²) in [6, 6.07) is 17.5. The number of hydrogen-bond donors (Lipinski definition) is 0. The van der Waals surface area contributed by atoms with Crippen LogP contribution in [0.1, 0.15) is 40.7 Å². The number of carbonyl (C=O) groups excluding carboxylic acids is 1. The third-order valence-electron chi connectivity index (χ3n) is 6.79. The van der Waals surface area contributed by atoms with Crippen molar-refractivity contribution in [2.45, 2.75) is 24.9 Å². The molecule has 0 unspecified atom stereocenters. The van der Waals surface area contributed by atoms with Crippen molar-refractivity contribution in [3.8, 4) is 16.9 Å². The second-order valence-electron chi connectivity index (χ2n) is 9.19. The van der Waals surface area contributed by atoms with Gasteiger partial charge in [-0.1, -0.05) is 12.1 Å². The van der Waals surface area contributed by atoms with Crippen LogP contribution in [-0.2, 0) is 6.18 Å². The molecule has 0 aliphatic carbocycles. The number of piperidine rings is 1. The number of fused-ring (bicyclic) bond motifs is 1. The summed E-state index contributed by atoms with van der Waals surface area (Å²) < 4.78 is 46.7. The first-order chi connectivity index (χ1) is 18.4. The molecule has 1 fully saturated rings. The number of rotatable bonds is 4. The van der Waals surface area contributed by atoms with Crippen LogP contribution in [0, 0.1) is 0 Å². The third-order valence-corrected chi connectivity index (χ3v) is 6.79. The van der Waals surface area contributed by atoms with Crippen molar-refractivity contribution in [2.24, 2.45) is 0 Å². The number of halogens is 3. The first-order valence-electron chi connectivity index (χ1n) is 12.2. The topological polar surface area (TPSA) is 77.1 Å². The highest BCUT2D eigenvalue weighted by molar-refractivity contribution is 5.93. The Kier molecular flexibility index (Phi) is 5.94. The van der Waals surface area contributed by atoms with Crippen LogP contribution in [0.4, 0.5) is 13.2 Å². The number of pyridine rings is 1. The molecular weight excluding hydrogens is 495 g/mol. The van der Waals surface area contributed by atoms with Crippen LogP contribution in [0.2, 0.25) is 0 Å². The molecule has 6 rings (SSSR count). The largest absolute Gasteiger partial charge is 0.440 e. The lowest BCUT2D eigenvalue weighted by Crippen LogP contribution is -2.38. The highest BCUT2D eigenvalue weighted by atomic mass is 19.4. The van der Waals surface area contributed by atoms with E-state index in [1.165, 1.54) is 16.8 Å². The summed E-state index contributed by atoms with van der Waals surface area (Å²) in [5, 5.41) is 4.52. The lowest BCUT2D eigenvalue weighted by Gasteiger charge is -2.30. The molecule has 1 saturated heterocycles. The molecule has 5 aromatic rings. The Balaban J connectivity index is 1.25. The maximum atomic E-state index is 13.4. The molecule has 0 spiro atoms. The standard InChI is InChI=1S/C28H22F3N5O2/c29-28(30,31)20-5-7-21(8-6-20)36-24(18-9-13-32-14-10-18)17-23(34-36)27(37)35-15-11-19(12-16-35)26-33-22-3-1-2-4-25(22)38-26/h1-10,13-14,17,19H,11-12,15-16H2. The lowest BCUT2D eigenvalue weighted by molar-refractivity contribution is -0.137. The zero-order valence-electron chi connectivity index (χ0n) is 20.1. The molecule has 0 atom stereocenters. The molecule has 2 aromatic carbocycles. The van der Waals surface area contributed by atoms with Gasteiger partial charge < -0.3 is 9.32 Å². The molecule has 192 valence electrons. The summed E-state index contributed by atoms with van der Waals surface area (Å²) >= 11 is 0. The second-order valence-corrected chi connectivity index (χ2v) is 9.19. The Bertz CT molecular complexity index is 1550. The summed E-state index contributed by atoms with van der Waals surface area (Å²) in [5.74, 6) is 0.565. The number of likely N-dealkylation sites (tertiary alicyclic amines) is 1. The van der Waals surface area contributed by atoms with Gasteiger partial charge in [0.05, 0.1) is 16.9 Å². The van der Waals surface area contributed by atoms with E-state index in [0.29, 0.717) is 43.2 Å². The Hall–Kier alpha value is -4.47. The van der Waals surface area contributed by atoms with Gasteiger partial charge in [-0.3, -0.25) is 9.78 Å². The number of benzene rings is 2. The van der Waals surface area contributed by atoms with E-state index in [1.54, 1.807) is 35.5 Å². The quantitative estimate of drug-likeness (QED) is 0.287. The zero-order chi connectivity index (χ0) is 26.3. The summed E-state index contributed by atoms with van der Waals surface area (Å²) in [5.41, 5.74) is 2.77. The molecule has 0 radical (unpaired) electrons. The van der Waals surface area contributed by atoms with Crippen LogP contribution in [-0.4, -0.2) is 43.6 Å². The Labute approximate surface area is 215 Å². The SMILES string of the molecule is O=C(c1cc(-c2ccncc2)n(-c2ccc(C(F)(F)F)cc2)n1)N1CCC(c2nc3ccccc3o2)CC1. The molecule has 4 heterocycles. The van der Waals surface area contributed by atoms with Gasteiger partial charge in [-0.15, -0.1) is 0 Å². The van der Waals surface area contributed by atoms with Crippen LogP contribution in [0.3, 0.4) is 0 Å². The molecule has 1 aliphatic rings. The number of oxazole rings is 1. The summed E-state index contributed by atoms with van der Waals surface area (Å²) in [6.45, 7) is 1.03. The smallest absolute Gasteiger partial charge is 0.416 e. The number of para-hydroxylation sites is 2. The highest BCUT2D eigenvalue weighted by Crippen LogP contribution is 2.32. The maximum Gasteiger partial charge on any atom is 0.416 e. The summed E-state index contributed by atoms with van der Waals surface area (Å²) in [7, 11) is 0. The van der Waals surface area contributed by atoms with E-state index >= 15 is 0 Å². The molecule has 10 heteroatoms. The summed E-state index contributed by atoms with van der Waals surface area (Å²) in [4.78, 5) is 23.8. The lowest BCUT2D eigenvalue weighted by atomic mass is 9.96. The normalized spacial score (nSPS) is 14.8. The maximum absolute atomic E-state index is 13.4. The van der Waals surface area contributed by atoms with Gasteiger partial charge in [-0.25, -0.2) is 9.67 Å². The monoisotopic (exact) mass is 517 g/mol. The third kappa shape index (κ3) is 4.53. The van der Waals surface area contributed by atoms with Gasteiger partial charge in [0, 0.05) is 37.0 Å². The fourth-order valence-electron chi connectivity index (χ4n) is 4.76. The molecule has 38 heavy (non-hydrogen) atoms. The van der Waals surface area contributed by atoms with Gasteiger partial charge in [0.25, 0.3) is 5.91 Å².